The topological polar surface area (TPSA) is 66.8 Å². The molecule has 0 heterocycles. The molecule has 1 aromatic rings. The van der Waals surface area contributed by atoms with Gasteiger partial charge in [0.1, 0.15) is 19.0 Å². The molecule has 1 rings (SSSR count). The first-order chi connectivity index (χ1) is 9.45. The summed E-state index contributed by atoms with van der Waals surface area (Å²) in [5.41, 5.74) is 0.805. The number of carboxylic acids is 1. The van der Waals surface area contributed by atoms with Crippen LogP contribution in [-0.2, 0) is 14.3 Å². The van der Waals surface area contributed by atoms with E-state index >= 15 is 0 Å². The van der Waals surface area contributed by atoms with Gasteiger partial charge < -0.3 is 14.7 Å². The maximum atomic E-state index is 12.9. The molecule has 0 radical (unpaired) electrons. The van der Waals surface area contributed by atoms with E-state index in [-0.39, 0.29) is 24.4 Å². The lowest BCUT2D eigenvalue weighted by atomic mass is 10.1. The van der Waals surface area contributed by atoms with Crippen molar-refractivity contribution in [3.8, 4) is 0 Å². The number of benzene rings is 1. The van der Waals surface area contributed by atoms with Crippen LogP contribution in [0.3, 0.4) is 0 Å². The van der Waals surface area contributed by atoms with Crippen LogP contribution in [0.15, 0.2) is 24.3 Å². The molecular formula is C14H18FNO4. The number of nitrogens with zero attached hydrogens (tertiary/aromatic N) is 1. The van der Waals surface area contributed by atoms with Crippen LogP contribution in [0.4, 0.5) is 4.39 Å². The highest BCUT2D eigenvalue weighted by atomic mass is 19.1. The molecule has 1 aromatic carbocycles. The third kappa shape index (κ3) is 4.62. The van der Waals surface area contributed by atoms with E-state index in [1.807, 2.05) is 13.8 Å². The van der Waals surface area contributed by atoms with Crippen LogP contribution in [-0.4, -0.2) is 41.6 Å². The highest BCUT2D eigenvalue weighted by Crippen LogP contribution is 2.20. The number of hydrogen-bond acceptors (Lipinski definition) is 3. The quantitative estimate of drug-likeness (QED) is 0.829. The van der Waals surface area contributed by atoms with Gasteiger partial charge in [0.15, 0.2) is 0 Å². The number of aliphatic carboxylic acids is 1. The first-order valence-electron chi connectivity index (χ1n) is 6.30. The van der Waals surface area contributed by atoms with Crippen LogP contribution in [0.5, 0.6) is 0 Å². The Balaban J connectivity index is 2.66. The zero-order chi connectivity index (χ0) is 15.1. The molecule has 20 heavy (non-hydrogen) atoms. The zero-order valence-electron chi connectivity index (χ0n) is 11.5. The van der Waals surface area contributed by atoms with Gasteiger partial charge in [-0.1, -0.05) is 12.1 Å². The van der Waals surface area contributed by atoms with E-state index in [1.54, 1.807) is 17.0 Å². The van der Waals surface area contributed by atoms with Crippen molar-refractivity contribution in [2.75, 3.05) is 19.8 Å². The highest BCUT2D eigenvalue weighted by Gasteiger charge is 2.20. The van der Waals surface area contributed by atoms with Crippen LogP contribution in [0.2, 0.25) is 0 Å². The Labute approximate surface area is 117 Å². The van der Waals surface area contributed by atoms with Gasteiger partial charge in [-0.3, -0.25) is 4.79 Å². The minimum atomic E-state index is -1.12. The third-order valence-electron chi connectivity index (χ3n) is 2.93. The van der Waals surface area contributed by atoms with Gasteiger partial charge in [-0.25, -0.2) is 9.18 Å². The molecule has 110 valence electrons. The Kier molecular flexibility index (Phi) is 6.11. The standard InChI is InChI=1S/C14H18FNO4/c1-3-16(13(17)8-20-9-14(18)19)10(2)11-4-6-12(15)7-5-11/h4-7,10H,3,8-9H2,1-2H3,(H,18,19). The van der Waals surface area contributed by atoms with Gasteiger partial charge in [0, 0.05) is 6.54 Å². The number of hydrogen-bond donors (Lipinski definition) is 1. The number of carboxylic acid groups (broad SMARTS) is 1. The van der Waals surface area contributed by atoms with Crippen LogP contribution < -0.4 is 0 Å². The molecule has 1 atom stereocenters. The van der Waals surface area contributed by atoms with E-state index in [1.165, 1.54) is 12.1 Å². The SMILES string of the molecule is CCN(C(=O)COCC(=O)O)C(C)c1ccc(F)cc1. The number of carbonyl (C=O) groups is 2. The minimum Gasteiger partial charge on any atom is -0.480 e. The van der Waals surface area contributed by atoms with E-state index in [4.69, 9.17) is 9.84 Å². The Hall–Kier alpha value is -1.95. The second kappa shape index (κ2) is 7.59. The fourth-order valence-corrected chi connectivity index (χ4v) is 1.90. The van der Waals surface area contributed by atoms with Crippen molar-refractivity contribution in [1.82, 2.24) is 4.90 Å². The Morgan fingerprint density at radius 1 is 1.30 bits per heavy atom. The first kappa shape index (κ1) is 16.1. The maximum absolute atomic E-state index is 12.9. The smallest absolute Gasteiger partial charge is 0.329 e. The molecule has 5 nitrogen and oxygen atoms in total. The van der Waals surface area contributed by atoms with Gasteiger partial charge in [-0.05, 0) is 31.5 Å². The fraction of sp³-hybridized carbons (Fsp3) is 0.429. The molecule has 1 unspecified atom stereocenters. The molecule has 0 aliphatic rings. The van der Waals surface area contributed by atoms with Crippen LogP contribution >= 0.6 is 0 Å². The number of carbonyl (C=O) groups excluding carboxylic acids is 1. The highest BCUT2D eigenvalue weighted by molar-refractivity contribution is 5.78. The summed E-state index contributed by atoms with van der Waals surface area (Å²) in [5, 5.41) is 8.45. The summed E-state index contributed by atoms with van der Waals surface area (Å²) in [6.07, 6.45) is 0. The van der Waals surface area contributed by atoms with Crippen molar-refractivity contribution in [1.29, 1.82) is 0 Å². The van der Waals surface area contributed by atoms with E-state index < -0.39 is 12.6 Å². The molecule has 0 bridgehead atoms. The van der Waals surface area contributed by atoms with Crippen LogP contribution in [0.1, 0.15) is 25.5 Å². The van der Waals surface area contributed by atoms with Gasteiger partial charge in [0.2, 0.25) is 5.91 Å². The van der Waals surface area contributed by atoms with Gasteiger partial charge in [0.05, 0.1) is 6.04 Å². The van der Waals surface area contributed by atoms with Crippen LogP contribution in [0, 0.1) is 5.82 Å². The Morgan fingerprint density at radius 3 is 2.40 bits per heavy atom. The Morgan fingerprint density at radius 2 is 1.90 bits per heavy atom. The Bertz CT molecular complexity index is 461. The summed E-state index contributed by atoms with van der Waals surface area (Å²) in [6, 6.07) is 5.68. The third-order valence-corrected chi connectivity index (χ3v) is 2.93. The predicted octanol–water partition coefficient (Wildman–Crippen LogP) is 1.84. The van der Waals surface area contributed by atoms with Crippen molar-refractivity contribution in [3.05, 3.63) is 35.6 Å². The molecule has 0 spiro atoms. The van der Waals surface area contributed by atoms with Gasteiger partial charge in [-0.2, -0.15) is 0 Å². The predicted molar refractivity (Wildman–Crippen MR) is 70.7 cm³/mol. The van der Waals surface area contributed by atoms with Gasteiger partial charge >= 0.3 is 5.97 Å². The molecule has 6 heteroatoms. The van der Waals surface area contributed by atoms with Crippen molar-refractivity contribution in [2.24, 2.45) is 0 Å². The molecule has 0 aliphatic carbocycles. The molecule has 0 aromatic heterocycles. The lowest BCUT2D eigenvalue weighted by Crippen LogP contribution is -2.36. The van der Waals surface area contributed by atoms with Crippen molar-refractivity contribution < 1.29 is 23.8 Å². The van der Waals surface area contributed by atoms with E-state index in [9.17, 15) is 14.0 Å². The fourth-order valence-electron chi connectivity index (χ4n) is 1.90. The summed E-state index contributed by atoms with van der Waals surface area (Å²) < 4.78 is 17.7. The molecule has 0 saturated heterocycles. The van der Waals surface area contributed by atoms with Crippen molar-refractivity contribution in [2.45, 2.75) is 19.9 Å². The molecular weight excluding hydrogens is 265 g/mol. The van der Waals surface area contributed by atoms with Crippen LogP contribution in [0.25, 0.3) is 0 Å². The van der Waals surface area contributed by atoms with E-state index in [0.29, 0.717) is 6.54 Å². The normalized spacial score (nSPS) is 11.9. The van der Waals surface area contributed by atoms with Crippen molar-refractivity contribution >= 4 is 11.9 Å². The molecule has 0 saturated carbocycles. The monoisotopic (exact) mass is 283 g/mol. The number of rotatable bonds is 7. The average Bonchev–Trinajstić information content (AvgIpc) is 2.39. The van der Waals surface area contributed by atoms with Gasteiger partial charge in [-0.15, -0.1) is 0 Å². The lowest BCUT2D eigenvalue weighted by Gasteiger charge is -2.28. The summed E-state index contributed by atoms with van der Waals surface area (Å²) in [4.78, 5) is 23.8. The van der Waals surface area contributed by atoms with E-state index in [2.05, 4.69) is 0 Å². The summed E-state index contributed by atoms with van der Waals surface area (Å²) in [6.45, 7) is 3.30. The largest absolute Gasteiger partial charge is 0.480 e. The molecule has 0 aliphatic heterocycles. The second-order valence-electron chi connectivity index (χ2n) is 4.29. The van der Waals surface area contributed by atoms with Crippen molar-refractivity contribution in [3.63, 3.8) is 0 Å². The molecule has 1 N–H and O–H groups in total. The maximum Gasteiger partial charge on any atom is 0.329 e. The number of amides is 1. The summed E-state index contributed by atoms with van der Waals surface area (Å²) in [5.74, 6) is -1.75. The average molecular weight is 283 g/mol. The molecule has 1 amide bonds. The number of ether oxygens (including phenoxy) is 1. The summed E-state index contributed by atoms with van der Waals surface area (Å²) in [7, 11) is 0. The zero-order valence-corrected chi connectivity index (χ0v) is 11.5. The van der Waals surface area contributed by atoms with Gasteiger partial charge in [0.25, 0.3) is 0 Å². The number of likely N-dealkylation sites (N-methyl/N-ethyl adjacent to an activating group) is 1. The lowest BCUT2D eigenvalue weighted by molar-refractivity contribution is -0.146. The number of halogens is 1. The molecule has 0 fully saturated rings. The first-order valence-corrected chi connectivity index (χ1v) is 6.30. The second-order valence-corrected chi connectivity index (χ2v) is 4.29. The van der Waals surface area contributed by atoms with E-state index in [0.717, 1.165) is 5.56 Å². The minimum absolute atomic E-state index is 0.235. The summed E-state index contributed by atoms with van der Waals surface area (Å²) >= 11 is 0.